The molecule has 7 heteroatoms. The fourth-order valence-corrected chi connectivity index (χ4v) is 5.21. The third-order valence-corrected chi connectivity index (χ3v) is 6.68. The number of carbonyl (C=O) groups is 1. The average Bonchev–Trinajstić information content (AvgIpc) is 3.35. The molecule has 1 saturated heterocycles. The SMILES string of the molecule is Cc1noc(C)c1CN1CCc2c(C(=O)N3CCCC3CO)csc2C1. The summed E-state index contributed by atoms with van der Waals surface area (Å²) in [5.74, 6) is 0.984. The molecule has 2 aromatic rings. The molecule has 2 aliphatic heterocycles. The minimum atomic E-state index is -0.0160. The smallest absolute Gasteiger partial charge is 0.255 e. The highest BCUT2D eigenvalue weighted by Crippen LogP contribution is 2.32. The Morgan fingerprint density at radius 3 is 3.00 bits per heavy atom. The molecule has 0 spiro atoms. The summed E-state index contributed by atoms with van der Waals surface area (Å²) in [6, 6.07) is -0.0160. The van der Waals surface area contributed by atoms with Gasteiger partial charge in [0.2, 0.25) is 0 Å². The van der Waals surface area contributed by atoms with E-state index in [-0.39, 0.29) is 18.6 Å². The second-order valence-electron chi connectivity index (χ2n) is 7.29. The van der Waals surface area contributed by atoms with Gasteiger partial charge in [-0.25, -0.2) is 0 Å². The number of carbonyl (C=O) groups excluding carboxylic acids is 1. The maximum atomic E-state index is 13.0. The Kier molecular flexibility index (Phi) is 4.86. The van der Waals surface area contributed by atoms with Gasteiger partial charge in [0, 0.05) is 42.0 Å². The molecule has 0 saturated carbocycles. The Morgan fingerprint density at radius 2 is 2.27 bits per heavy atom. The van der Waals surface area contributed by atoms with Gasteiger partial charge in [-0.3, -0.25) is 9.69 Å². The number of fused-ring (bicyclic) bond motifs is 1. The molecule has 4 heterocycles. The quantitative estimate of drug-likeness (QED) is 0.889. The van der Waals surface area contributed by atoms with Crippen molar-refractivity contribution in [2.75, 3.05) is 19.7 Å². The zero-order valence-corrected chi connectivity index (χ0v) is 16.1. The van der Waals surface area contributed by atoms with Crippen molar-refractivity contribution >= 4 is 17.2 Å². The van der Waals surface area contributed by atoms with Crippen molar-refractivity contribution in [3.05, 3.63) is 38.4 Å². The van der Waals surface area contributed by atoms with Gasteiger partial charge in [-0.05, 0) is 38.7 Å². The highest BCUT2D eigenvalue weighted by molar-refractivity contribution is 7.10. The molecule has 1 unspecified atom stereocenters. The van der Waals surface area contributed by atoms with Gasteiger partial charge in [0.15, 0.2) is 0 Å². The number of aliphatic hydroxyl groups is 1. The molecule has 1 amide bonds. The lowest BCUT2D eigenvalue weighted by molar-refractivity contribution is 0.0676. The molecule has 1 fully saturated rings. The van der Waals surface area contributed by atoms with Crippen LogP contribution in [0.5, 0.6) is 0 Å². The van der Waals surface area contributed by atoms with Gasteiger partial charge in [-0.2, -0.15) is 0 Å². The van der Waals surface area contributed by atoms with E-state index in [0.29, 0.717) is 0 Å². The normalized spacial score (nSPS) is 20.6. The van der Waals surface area contributed by atoms with Crippen molar-refractivity contribution in [1.29, 1.82) is 0 Å². The Balaban J connectivity index is 1.49. The number of nitrogens with zero attached hydrogens (tertiary/aromatic N) is 3. The van der Waals surface area contributed by atoms with E-state index in [1.54, 1.807) is 11.3 Å². The van der Waals surface area contributed by atoms with Gasteiger partial charge < -0.3 is 14.5 Å². The lowest BCUT2D eigenvalue weighted by Crippen LogP contribution is -2.38. The van der Waals surface area contributed by atoms with Gasteiger partial charge in [0.05, 0.1) is 23.9 Å². The molecule has 0 bridgehead atoms. The monoisotopic (exact) mass is 375 g/mol. The minimum Gasteiger partial charge on any atom is -0.394 e. The molecule has 0 aromatic carbocycles. The van der Waals surface area contributed by atoms with Crippen LogP contribution in [0.15, 0.2) is 9.90 Å². The van der Waals surface area contributed by atoms with Crippen molar-refractivity contribution < 1.29 is 14.4 Å². The molecule has 6 nitrogen and oxygen atoms in total. The molecule has 2 aromatic heterocycles. The highest BCUT2D eigenvalue weighted by Gasteiger charge is 2.32. The second kappa shape index (κ2) is 7.13. The van der Waals surface area contributed by atoms with Crippen LogP contribution in [-0.2, 0) is 19.5 Å². The highest BCUT2D eigenvalue weighted by atomic mass is 32.1. The van der Waals surface area contributed by atoms with E-state index in [2.05, 4.69) is 10.1 Å². The number of hydrogen-bond acceptors (Lipinski definition) is 6. The maximum absolute atomic E-state index is 13.0. The second-order valence-corrected chi connectivity index (χ2v) is 8.26. The molecule has 26 heavy (non-hydrogen) atoms. The summed E-state index contributed by atoms with van der Waals surface area (Å²) in [6.45, 7) is 7.38. The standard InChI is InChI=1S/C19H25N3O3S/c1-12-16(13(2)25-20-12)8-21-7-5-15-17(11-26-18(15)9-21)19(24)22-6-3-4-14(22)10-23/h11,14,23H,3-10H2,1-2H3. The lowest BCUT2D eigenvalue weighted by Gasteiger charge is -2.28. The van der Waals surface area contributed by atoms with E-state index in [4.69, 9.17) is 4.52 Å². The first kappa shape index (κ1) is 17.7. The van der Waals surface area contributed by atoms with E-state index < -0.39 is 0 Å². The van der Waals surface area contributed by atoms with Crippen molar-refractivity contribution in [1.82, 2.24) is 15.0 Å². The van der Waals surface area contributed by atoms with Crippen LogP contribution in [-0.4, -0.2) is 51.7 Å². The van der Waals surface area contributed by atoms with Crippen LogP contribution < -0.4 is 0 Å². The number of rotatable bonds is 4. The predicted molar refractivity (Wildman–Crippen MR) is 99.3 cm³/mol. The summed E-state index contributed by atoms with van der Waals surface area (Å²) in [6.07, 6.45) is 2.77. The van der Waals surface area contributed by atoms with Crippen molar-refractivity contribution in [3.8, 4) is 0 Å². The van der Waals surface area contributed by atoms with Crippen molar-refractivity contribution in [3.63, 3.8) is 0 Å². The van der Waals surface area contributed by atoms with Gasteiger partial charge in [0.25, 0.3) is 5.91 Å². The first-order valence-electron chi connectivity index (χ1n) is 9.23. The van der Waals surface area contributed by atoms with Crippen molar-refractivity contribution in [2.24, 2.45) is 0 Å². The fraction of sp³-hybridized carbons (Fsp3) is 0.579. The third-order valence-electron chi connectivity index (χ3n) is 5.67. The van der Waals surface area contributed by atoms with E-state index in [9.17, 15) is 9.90 Å². The predicted octanol–water partition coefficient (Wildman–Crippen LogP) is 2.51. The molecular formula is C19H25N3O3S. The number of aryl methyl sites for hydroxylation is 2. The van der Waals surface area contributed by atoms with E-state index >= 15 is 0 Å². The number of aromatic nitrogens is 1. The van der Waals surface area contributed by atoms with Crippen LogP contribution >= 0.6 is 11.3 Å². The van der Waals surface area contributed by atoms with Crippen LogP contribution in [0.4, 0.5) is 0 Å². The zero-order valence-electron chi connectivity index (χ0n) is 15.3. The molecule has 1 atom stereocenters. The molecule has 0 aliphatic carbocycles. The Hall–Kier alpha value is -1.70. The summed E-state index contributed by atoms with van der Waals surface area (Å²) < 4.78 is 5.27. The molecule has 140 valence electrons. The van der Waals surface area contributed by atoms with Crippen LogP contribution in [0.3, 0.4) is 0 Å². The van der Waals surface area contributed by atoms with Crippen molar-refractivity contribution in [2.45, 2.75) is 52.2 Å². The topological polar surface area (TPSA) is 69.8 Å². The largest absolute Gasteiger partial charge is 0.394 e. The number of aliphatic hydroxyl groups excluding tert-OH is 1. The first-order chi connectivity index (χ1) is 12.6. The zero-order chi connectivity index (χ0) is 18.3. The van der Waals surface area contributed by atoms with Gasteiger partial charge in [-0.1, -0.05) is 5.16 Å². The Morgan fingerprint density at radius 1 is 1.42 bits per heavy atom. The molecule has 4 rings (SSSR count). The van der Waals surface area contributed by atoms with Crippen LogP contribution in [0.2, 0.25) is 0 Å². The fourth-order valence-electron chi connectivity index (χ4n) is 4.09. The maximum Gasteiger partial charge on any atom is 0.255 e. The van der Waals surface area contributed by atoms with Gasteiger partial charge >= 0.3 is 0 Å². The summed E-state index contributed by atoms with van der Waals surface area (Å²) >= 11 is 1.68. The molecular weight excluding hydrogens is 350 g/mol. The van der Waals surface area contributed by atoms with E-state index in [1.165, 1.54) is 16.0 Å². The number of hydrogen-bond donors (Lipinski definition) is 1. The summed E-state index contributed by atoms with van der Waals surface area (Å²) in [5.41, 5.74) is 4.18. The Bertz CT molecular complexity index is 794. The van der Waals surface area contributed by atoms with E-state index in [1.807, 2.05) is 24.1 Å². The third kappa shape index (κ3) is 3.08. The molecule has 0 radical (unpaired) electrons. The summed E-state index contributed by atoms with van der Waals surface area (Å²) in [5, 5.41) is 15.6. The number of likely N-dealkylation sites (tertiary alicyclic amines) is 1. The summed E-state index contributed by atoms with van der Waals surface area (Å²) in [7, 11) is 0. The lowest BCUT2D eigenvalue weighted by atomic mass is 10.0. The van der Waals surface area contributed by atoms with Crippen LogP contribution in [0.1, 0.15) is 50.7 Å². The minimum absolute atomic E-state index is 0.0160. The van der Waals surface area contributed by atoms with Crippen LogP contribution in [0, 0.1) is 13.8 Å². The number of thiophene rings is 1. The van der Waals surface area contributed by atoms with Gasteiger partial charge in [0.1, 0.15) is 5.76 Å². The van der Waals surface area contributed by atoms with Crippen LogP contribution in [0.25, 0.3) is 0 Å². The van der Waals surface area contributed by atoms with E-state index in [0.717, 1.165) is 62.5 Å². The molecule has 2 aliphatic rings. The summed E-state index contributed by atoms with van der Waals surface area (Å²) in [4.78, 5) is 18.5. The Labute approximate surface area is 157 Å². The van der Waals surface area contributed by atoms with Gasteiger partial charge in [-0.15, -0.1) is 11.3 Å². The average molecular weight is 375 g/mol. The number of amides is 1. The molecule has 1 N–H and O–H groups in total. The first-order valence-corrected chi connectivity index (χ1v) is 10.1.